The lowest BCUT2D eigenvalue weighted by Gasteiger charge is -2.14. The Morgan fingerprint density at radius 1 is 1.33 bits per heavy atom. The number of nitrogens with one attached hydrogen (secondary N) is 2. The van der Waals surface area contributed by atoms with Gasteiger partial charge in [0.05, 0.1) is 0 Å². The minimum atomic E-state index is -0.620. The van der Waals surface area contributed by atoms with Crippen LogP contribution in [0.3, 0.4) is 0 Å². The fourth-order valence-corrected chi connectivity index (χ4v) is 1.59. The number of amides is 2. The molecule has 1 aromatic rings. The molecule has 7 heteroatoms. The van der Waals surface area contributed by atoms with Crippen molar-refractivity contribution in [1.29, 1.82) is 0 Å². The highest BCUT2D eigenvalue weighted by molar-refractivity contribution is 6.30. The fraction of sp³-hybridized carbons (Fsp3) is 0.500. The van der Waals surface area contributed by atoms with Gasteiger partial charge in [0.1, 0.15) is 18.5 Å². The Labute approximate surface area is 130 Å². The minimum absolute atomic E-state index is 0.136. The van der Waals surface area contributed by atoms with Crippen LogP contribution in [0.1, 0.15) is 0 Å². The van der Waals surface area contributed by atoms with Crippen molar-refractivity contribution in [1.82, 2.24) is 15.5 Å². The van der Waals surface area contributed by atoms with Gasteiger partial charge in [-0.3, -0.25) is 0 Å². The molecule has 0 spiro atoms. The maximum atomic E-state index is 11.2. The molecule has 0 heterocycles. The number of aliphatic hydroxyl groups excluding tert-OH is 1. The molecule has 0 aromatic heterocycles. The molecule has 0 saturated heterocycles. The zero-order valence-electron chi connectivity index (χ0n) is 12.3. The molecular formula is C14H22ClN3O3. The minimum Gasteiger partial charge on any atom is -0.491 e. The van der Waals surface area contributed by atoms with E-state index >= 15 is 0 Å². The van der Waals surface area contributed by atoms with Gasteiger partial charge in [0.15, 0.2) is 0 Å². The summed E-state index contributed by atoms with van der Waals surface area (Å²) in [6, 6.07) is 6.83. The predicted octanol–water partition coefficient (Wildman–Crippen LogP) is 0.941. The number of nitrogens with zero attached hydrogens (tertiary/aromatic N) is 1. The van der Waals surface area contributed by atoms with Crippen LogP contribution in [0.5, 0.6) is 5.75 Å². The number of benzene rings is 1. The summed E-state index contributed by atoms with van der Waals surface area (Å²) in [6.07, 6.45) is -0.620. The van der Waals surface area contributed by atoms with Crippen molar-refractivity contribution in [2.45, 2.75) is 6.10 Å². The van der Waals surface area contributed by atoms with Gasteiger partial charge in [0.25, 0.3) is 0 Å². The van der Waals surface area contributed by atoms with Crippen LogP contribution in [0.4, 0.5) is 4.79 Å². The van der Waals surface area contributed by atoms with Crippen molar-refractivity contribution in [2.75, 3.05) is 40.3 Å². The summed E-state index contributed by atoms with van der Waals surface area (Å²) in [5.41, 5.74) is 0. The van der Waals surface area contributed by atoms with E-state index in [1.54, 1.807) is 38.4 Å². The van der Waals surface area contributed by atoms with Gasteiger partial charge in [-0.05, 0) is 24.3 Å². The Morgan fingerprint density at radius 3 is 2.62 bits per heavy atom. The summed E-state index contributed by atoms with van der Waals surface area (Å²) in [5.74, 6) is 0.664. The zero-order valence-corrected chi connectivity index (χ0v) is 13.1. The Hall–Kier alpha value is -1.50. The van der Waals surface area contributed by atoms with E-state index in [-0.39, 0.29) is 12.6 Å². The highest BCUT2D eigenvalue weighted by Crippen LogP contribution is 2.15. The number of carbonyl (C=O) groups is 1. The molecule has 2 amide bonds. The van der Waals surface area contributed by atoms with Crippen LogP contribution in [0, 0.1) is 0 Å². The Bertz CT molecular complexity index is 426. The van der Waals surface area contributed by atoms with Crippen LogP contribution in [0.25, 0.3) is 0 Å². The first-order chi connectivity index (χ1) is 9.99. The first-order valence-electron chi connectivity index (χ1n) is 6.71. The lowest BCUT2D eigenvalue weighted by atomic mass is 10.3. The van der Waals surface area contributed by atoms with E-state index in [9.17, 15) is 9.90 Å². The van der Waals surface area contributed by atoms with Crippen molar-refractivity contribution in [2.24, 2.45) is 0 Å². The molecule has 0 aliphatic rings. The molecule has 1 aromatic carbocycles. The highest BCUT2D eigenvalue weighted by Gasteiger charge is 2.05. The Balaban J connectivity index is 2.07. The number of hydrogen-bond donors (Lipinski definition) is 3. The SMILES string of the molecule is CN(C)C(=O)NCCNCC(O)COc1ccc(Cl)cc1. The number of halogens is 1. The first-order valence-corrected chi connectivity index (χ1v) is 7.09. The van der Waals surface area contributed by atoms with Gasteiger partial charge in [0.2, 0.25) is 0 Å². The molecule has 1 unspecified atom stereocenters. The number of urea groups is 1. The molecule has 0 radical (unpaired) electrons. The van der Waals surface area contributed by atoms with E-state index in [0.717, 1.165) is 0 Å². The third kappa shape index (κ3) is 7.75. The molecular weight excluding hydrogens is 294 g/mol. The van der Waals surface area contributed by atoms with Crippen LogP contribution in [-0.4, -0.2) is 62.5 Å². The summed E-state index contributed by atoms with van der Waals surface area (Å²) in [7, 11) is 3.36. The molecule has 6 nitrogen and oxygen atoms in total. The molecule has 0 saturated carbocycles. The van der Waals surface area contributed by atoms with E-state index in [2.05, 4.69) is 10.6 Å². The molecule has 118 valence electrons. The van der Waals surface area contributed by atoms with Crippen LogP contribution < -0.4 is 15.4 Å². The molecule has 0 fully saturated rings. The van der Waals surface area contributed by atoms with Crippen molar-refractivity contribution < 1.29 is 14.6 Å². The lowest BCUT2D eigenvalue weighted by Crippen LogP contribution is -2.40. The summed E-state index contributed by atoms with van der Waals surface area (Å²) in [6.45, 7) is 1.67. The maximum Gasteiger partial charge on any atom is 0.316 e. The normalized spacial score (nSPS) is 11.8. The largest absolute Gasteiger partial charge is 0.491 e. The maximum absolute atomic E-state index is 11.2. The van der Waals surface area contributed by atoms with Crippen LogP contribution in [0.15, 0.2) is 24.3 Å². The van der Waals surface area contributed by atoms with E-state index in [0.29, 0.717) is 30.4 Å². The monoisotopic (exact) mass is 315 g/mol. The average Bonchev–Trinajstić information content (AvgIpc) is 2.46. The van der Waals surface area contributed by atoms with E-state index in [4.69, 9.17) is 16.3 Å². The molecule has 1 rings (SSSR count). The topological polar surface area (TPSA) is 73.8 Å². The summed E-state index contributed by atoms with van der Waals surface area (Å²) in [4.78, 5) is 12.7. The third-order valence-corrected chi connectivity index (χ3v) is 2.87. The Morgan fingerprint density at radius 2 is 2.00 bits per heavy atom. The molecule has 0 aliphatic heterocycles. The van der Waals surface area contributed by atoms with Crippen molar-refractivity contribution >= 4 is 17.6 Å². The van der Waals surface area contributed by atoms with Gasteiger partial charge in [0, 0.05) is 38.8 Å². The summed E-state index contributed by atoms with van der Waals surface area (Å²) in [5, 5.41) is 16.2. The van der Waals surface area contributed by atoms with Crippen molar-refractivity contribution in [3.63, 3.8) is 0 Å². The predicted molar refractivity (Wildman–Crippen MR) is 82.9 cm³/mol. The van der Waals surface area contributed by atoms with E-state index in [1.807, 2.05) is 0 Å². The first kappa shape index (κ1) is 17.6. The molecule has 0 bridgehead atoms. The van der Waals surface area contributed by atoms with Gasteiger partial charge in [-0.25, -0.2) is 4.79 Å². The van der Waals surface area contributed by atoms with Crippen LogP contribution >= 0.6 is 11.6 Å². The van der Waals surface area contributed by atoms with E-state index < -0.39 is 6.10 Å². The van der Waals surface area contributed by atoms with Gasteiger partial charge >= 0.3 is 6.03 Å². The van der Waals surface area contributed by atoms with Gasteiger partial charge in [-0.1, -0.05) is 11.6 Å². The second kappa shape index (κ2) is 9.44. The number of carbonyl (C=O) groups excluding carboxylic acids is 1. The number of hydrogen-bond acceptors (Lipinski definition) is 4. The lowest BCUT2D eigenvalue weighted by molar-refractivity contribution is 0.106. The summed E-state index contributed by atoms with van der Waals surface area (Å²) < 4.78 is 5.42. The zero-order chi connectivity index (χ0) is 15.7. The van der Waals surface area contributed by atoms with Gasteiger partial charge in [-0.2, -0.15) is 0 Å². The summed E-state index contributed by atoms with van der Waals surface area (Å²) >= 11 is 5.77. The second-order valence-electron chi connectivity index (χ2n) is 4.75. The third-order valence-electron chi connectivity index (χ3n) is 2.62. The Kier molecular flexibility index (Phi) is 7.89. The average molecular weight is 316 g/mol. The molecule has 21 heavy (non-hydrogen) atoms. The fourth-order valence-electron chi connectivity index (χ4n) is 1.47. The molecule has 0 aliphatic carbocycles. The smallest absolute Gasteiger partial charge is 0.316 e. The van der Waals surface area contributed by atoms with E-state index in [1.165, 1.54) is 4.90 Å². The standard InChI is InChI=1S/C14H22ClN3O3/c1-18(2)14(20)17-8-7-16-9-12(19)10-21-13-5-3-11(15)4-6-13/h3-6,12,16,19H,7-10H2,1-2H3,(H,17,20). The van der Waals surface area contributed by atoms with Crippen molar-refractivity contribution in [3.8, 4) is 5.75 Å². The highest BCUT2D eigenvalue weighted by atomic mass is 35.5. The molecule has 1 atom stereocenters. The number of ether oxygens (including phenoxy) is 1. The van der Waals surface area contributed by atoms with Crippen LogP contribution in [0.2, 0.25) is 5.02 Å². The quantitative estimate of drug-likeness (QED) is 0.624. The van der Waals surface area contributed by atoms with Gasteiger partial charge < -0.3 is 25.4 Å². The number of aliphatic hydroxyl groups is 1. The number of rotatable bonds is 8. The van der Waals surface area contributed by atoms with Gasteiger partial charge in [-0.15, -0.1) is 0 Å². The van der Waals surface area contributed by atoms with Crippen molar-refractivity contribution in [3.05, 3.63) is 29.3 Å². The van der Waals surface area contributed by atoms with Crippen LogP contribution in [-0.2, 0) is 0 Å². The second-order valence-corrected chi connectivity index (χ2v) is 5.19. The molecule has 3 N–H and O–H groups in total.